The number of hydrogen-bond acceptors (Lipinski definition) is 4. The molecule has 2 N–H and O–H groups in total. The average molecular weight is 244 g/mol. The number of carboxylic acid groups (broad SMARTS) is 1. The van der Waals surface area contributed by atoms with Gasteiger partial charge < -0.3 is 15.0 Å². The molecule has 0 atom stereocenters. The number of pyridine rings is 1. The zero-order valence-corrected chi connectivity index (χ0v) is 9.63. The third kappa shape index (κ3) is 1.62. The van der Waals surface area contributed by atoms with Crippen molar-refractivity contribution in [2.24, 2.45) is 0 Å². The van der Waals surface area contributed by atoms with Crippen molar-refractivity contribution in [3.63, 3.8) is 0 Å². The van der Waals surface area contributed by atoms with Crippen LogP contribution >= 0.6 is 0 Å². The highest BCUT2D eigenvalue weighted by molar-refractivity contribution is 5.93. The minimum Gasteiger partial charge on any atom is -0.477 e. The minimum atomic E-state index is -0.974. The Bertz CT molecular complexity index is 592. The molecular weight excluding hydrogens is 232 g/mol. The Labute approximate surface area is 103 Å². The number of nitrogens with zero attached hydrogens (tertiary/aromatic N) is 3. The van der Waals surface area contributed by atoms with Gasteiger partial charge in [-0.1, -0.05) is 6.07 Å². The van der Waals surface area contributed by atoms with E-state index in [1.165, 1.54) is 0 Å². The highest BCUT2D eigenvalue weighted by atomic mass is 16.4. The van der Waals surface area contributed by atoms with Gasteiger partial charge in [-0.15, -0.1) is 0 Å². The van der Waals surface area contributed by atoms with Crippen LogP contribution in [-0.4, -0.2) is 32.2 Å². The molecule has 0 bridgehead atoms. The third-order valence-electron chi connectivity index (χ3n) is 2.92. The van der Waals surface area contributed by atoms with Gasteiger partial charge in [-0.05, 0) is 18.6 Å². The van der Waals surface area contributed by atoms with Crippen LogP contribution in [0.25, 0.3) is 11.4 Å². The Hall–Kier alpha value is -2.37. The molecule has 0 aromatic carbocycles. The summed E-state index contributed by atoms with van der Waals surface area (Å²) in [7, 11) is 0. The predicted octanol–water partition coefficient (Wildman–Crippen LogP) is 1.46. The van der Waals surface area contributed by atoms with Crippen LogP contribution in [0, 0.1) is 0 Å². The number of aromatic carboxylic acids is 1. The lowest BCUT2D eigenvalue weighted by atomic mass is 10.2. The molecule has 1 aliphatic heterocycles. The number of aromatic nitrogens is 3. The second-order valence-corrected chi connectivity index (χ2v) is 4.08. The van der Waals surface area contributed by atoms with E-state index in [9.17, 15) is 9.90 Å². The van der Waals surface area contributed by atoms with Crippen LogP contribution in [0.4, 0.5) is 5.95 Å². The molecule has 1 aliphatic rings. The maximum atomic E-state index is 11.4. The summed E-state index contributed by atoms with van der Waals surface area (Å²) in [6, 6.07) is 5.37. The summed E-state index contributed by atoms with van der Waals surface area (Å²) < 4.78 is 1.70. The fraction of sp³-hybridized carbons (Fsp3) is 0.250. The van der Waals surface area contributed by atoms with Gasteiger partial charge in [-0.25, -0.2) is 9.78 Å². The van der Waals surface area contributed by atoms with Crippen LogP contribution in [-0.2, 0) is 6.54 Å². The van der Waals surface area contributed by atoms with Crippen molar-refractivity contribution in [1.29, 1.82) is 0 Å². The van der Waals surface area contributed by atoms with Gasteiger partial charge >= 0.3 is 5.97 Å². The van der Waals surface area contributed by atoms with E-state index >= 15 is 0 Å². The van der Waals surface area contributed by atoms with E-state index < -0.39 is 5.97 Å². The molecule has 0 amide bonds. The van der Waals surface area contributed by atoms with Crippen molar-refractivity contribution < 1.29 is 9.90 Å². The molecule has 3 heterocycles. The first-order valence-corrected chi connectivity index (χ1v) is 5.76. The first-order chi connectivity index (χ1) is 8.77. The number of carboxylic acids is 1. The van der Waals surface area contributed by atoms with Gasteiger partial charge in [0, 0.05) is 19.3 Å². The molecule has 2 aromatic heterocycles. The highest BCUT2D eigenvalue weighted by Crippen LogP contribution is 2.27. The predicted molar refractivity (Wildman–Crippen MR) is 65.5 cm³/mol. The highest BCUT2D eigenvalue weighted by Gasteiger charge is 2.25. The molecule has 0 fully saturated rings. The zero-order chi connectivity index (χ0) is 12.5. The molecule has 0 saturated carbocycles. The zero-order valence-electron chi connectivity index (χ0n) is 9.63. The van der Waals surface area contributed by atoms with Crippen molar-refractivity contribution in [2.75, 3.05) is 11.9 Å². The monoisotopic (exact) mass is 244 g/mol. The smallest absolute Gasteiger partial charge is 0.354 e. The maximum Gasteiger partial charge on any atom is 0.354 e. The van der Waals surface area contributed by atoms with Gasteiger partial charge in [0.25, 0.3) is 0 Å². The number of anilines is 1. The van der Waals surface area contributed by atoms with Gasteiger partial charge in [-0.2, -0.15) is 0 Å². The second kappa shape index (κ2) is 4.14. The van der Waals surface area contributed by atoms with E-state index in [-0.39, 0.29) is 5.69 Å². The van der Waals surface area contributed by atoms with E-state index in [4.69, 9.17) is 0 Å². The van der Waals surface area contributed by atoms with Crippen molar-refractivity contribution in [2.45, 2.75) is 13.0 Å². The van der Waals surface area contributed by atoms with Crippen molar-refractivity contribution in [3.8, 4) is 11.4 Å². The lowest BCUT2D eigenvalue weighted by Gasteiger charge is -2.16. The maximum absolute atomic E-state index is 11.4. The summed E-state index contributed by atoms with van der Waals surface area (Å²) in [4.78, 5) is 19.9. The van der Waals surface area contributed by atoms with Crippen LogP contribution in [0.3, 0.4) is 0 Å². The molecule has 2 aromatic rings. The van der Waals surface area contributed by atoms with Gasteiger partial charge in [0.2, 0.25) is 5.95 Å². The summed E-state index contributed by atoms with van der Waals surface area (Å²) in [6.07, 6.45) is 2.53. The van der Waals surface area contributed by atoms with Crippen LogP contribution in [0.2, 0.25) is 0 Å². The molecule has 0 aliphatic carbocycles. The number of fused-ring (bicyclic) bond motifs is 1. The van der Waals surface area contributed by atoms with E-state index in [1.807, 2.05) is 6.07 Å². The molecule has 6 nitrogen and oxygen atoms in total. The fourth-order valence-electron chi connectivity index (χ4n) is 2.14. The Morgan fingerprint density at radius 2 is 2.33 bits per heavy atom. The van der Waals surface area contributed by atoms with E-state index in [0.717, 1.165) is 13.0 Å². The molecule has 0 saturated heterocycles. The van der Waals surface area contributed by atoms with Gasteiger partial charge in [0.15, 0.2) is 5.69 Å². The molecule has 3 rings (SSSR count). The Morgan fingerprint density at radius 3 is 3.06 bits per heavy atom. The first kappa shape index (κ1) is 10.8. The molecule has 0 spiro atoms. The fourth-order valence-corrected chi connectivity index (χ4v) is 2.14. The van der Waals surface area contributed by atoms with Crippen molar-refractivity contribution >= 4 is 11.9 Å². The Balaban J connectivity index is 2.20. The lowest BCUT2D eigenvalue weighted by Crippen LogP contribution is -2.20. The quantitative estimate of drug-likeness (QED) is 0.836. The van der Waals surface area contributed by atoms with Crippen LogP contribution in [0.5, 0.6) is 0 Å². The Kier molecular flexibility index (Phi) is 2.47. The van der Waals surface area contributed by atoms with Gasteiger partial charge in [0.1, 0.15) is 5.69 Å². The van der Waals surface area contributed by atoms with Gasteiger partial charge in [0.05, 0.1) is 5.69 Å². The van der Waals surface area contributed by atoms with E-state index in [2.05, 4.69) is 15.3 Å². The summed E-state index contributed by atoms with van der Waals surface area (Å²) in [5.41, 5.74) is 1.21. The van der Waals surface area contributed by atoms with E-state index in [1.54, 1.807) is 22.9 Å². The summed E-state index contributed by atoms with van der Waals surface area (Å²) in [5.74, 6) is -0.364. The standard InChI is InChI=1S/C12H12N4O2/c17-11(18)10-9(8-4-1-2-5-13-8)15-12-14-6-3-7-16(10)12/h1-2,4-5H,3,6-7H2,(H,14,15)(H,17,18). The minimum absolute atomic E-state index is 0.205. The molecule has 92 valence electrons. The average Bonchev–Trinajstić information content (AvgIpc) is 2.79. The summed E-state index contributed by atoms with van der Waals surface area (Å²) >= 11 is 0. The molecular formula is C12H12N4O2. The SMILES string of the molecule is O=C(O)c1c(-c2ccccn2)nc2n1CCCN2. The van der Waals surface area contributed by atoms with Crippen LogP contribution < -0.4 is 5.32 Å². The topological polar surface area (TPSA) is 80.0 Å². The largest absolute Gasteiger partial charge is 0.477 e. The number of nitrogens with one attached hydrogen (secondary N) is 1. The van der Waals surface area contributed by atoms with E-state index in [0.29, 0.717) is 23.9 Å². The molecule has 6 heteroatoms. The van der Waals surface area contributed by atoms with Crippen molar-refractivity contribution in [1.82, 2.24) is 14.5 Å². The molecule has 0 unspecified atom stereocenters. The van der Waals surface area contributed by atoms with Crippen molar-refractivity contribution in [3.05, 3.63) is 30.1 Å². The van der Waals surface area contributed by atoms with Crippen LogP contribution in [0.15, 0.2) is 24.4 Å². The number of carbonyl (C=O) groups is 1. The number of hydrogen-bond donors (Lipinski definition) is 2. The molecule has 0 radical (unpaired) electrons. The summed E-state index contributed by atoms with van der Waals surface area (Å²) in [6.45, 7) is 1.49. The lowest BCUT2D eigenvalue weighted by molar-refractivity contribution is 0.0685. The van der Waals surface area contributed by atoms with Crippen LogP contribution in [0.1, 0.15) is 16.9 Å². The third-order valence-corrected chi connectivity index (χ3v) is 2.92. The van der Waals surface area contributed by atoms with Gasteiger partial charge in [-0.3, -0.25) is 4.98 Å². The number of imidazole rings is 1. The number of rotatable bonds is 2. The second-order valence-electron chi connectivity index (χ2n) is 4.08. The summed E-state index contributed by atoms with van der Waals surface area (Å²) in [5, 5.41) is 12.5. The Morgan fingerprint density at radius 1 is 1.44 bits per heavy atom. The molecule has 18 heavy (non-hydrogen) atoms. The normalized spacial score (nSPS) is 13.8. The first-order valence-electron chi connectivity index (χ1n) is 5.76.